The number of alkyl halides is 3. The van der Waals surface area contributed by atoms with Crippen molar-refractivity contribution in [3.05, 3.63) is 116 Å². The van der Waals surface area contributed by atoms with Gasteiger partial charge in [-0.3, -0.25) is 9.59 Å². The van der Waals surface area contributed by atoms with Crippen LogP contribution in [0.4, 0.5) is 28.9 Å². The van der Waals surface area contributed by atoms with Gasteiger partial charge in [-0.2, -0.15) is 13.2 Å². The highest BCUT2D eigenvalue weighted by Crippen LogP contribution is 2.35. The van der Waals surface area contributed by atoms with Gasteiger partial charge in [0, 0.05) is 12.8 Å². The largest absolute Gasteiger partial charge is 0.489 e. The van der Waals surface area contributed by atoms with Crippen LogP contribution in [0.2, 0.25) is 5.02 Å². The summed E-state index contributed by atoms with van der Waals surface area (Å²) in [6, 6.07) is 16.2. The summed E-state index contributed by atoms with van der Waals surface area (Å²) >= 11 is 8.72. The maximum Gasteiger partial charge on any atom is 0.417 e. The fraction of sp³-hybridized carbons (Fsp3) is 0.200. The van der Waals surface area contributed by atoms with Crippen molar-refractivity contribution < 1.29 is 56.4 Å². The number of aromatic carboxylic acids is 2. The van der Waals surface area contributed by atoms with E-state index in [0.29, 0.717) is 21.3 Å². The predicted octanol–water partition coefficient (Wildman–Crippen LogP) is 9.20. The van der Waals surface area contributed by atoms with Gasteiger partial charge in [-0.1, -0.05) is 37.6 Å². The molecule has 0 aliphatic rings. The number of hydrogen-bond donors (Lipinski definition) is 4. The van der Waals surface area contributed by atoms with Crippen LogP contribution in [0, 0.1) is 5.82 Å². The molecule has 4 rings (SSSR count). The number of rotatable bonds is 12. The smallest absolute Gasteiger partial charge is 0.417 e. The first-order chi connectivity index (χ1) is 24.0. The molecule has 0 saturated carbocycles. The fourth-order valence-electron chi connectivity index (χ4n) is 4.12. The first kappa shape index (κ1) is 40.3. The molecule has 0 aromatic heterocycles. The average Bonchev–Trinajstić information content (AvgIpc) is 3.08. The van der Waals surface area contributed by atoms with Crippen LogP contribution < -0.4 is 20.1 Å². The van der Waals surface area contributed by atoms with E-state index in [4.69, 9.17) is 21.1 Å². The molecule has 0 spiro atoms. The maximum absolute atomic E-state index is 13.5. The van der Waals surface area contributed by atoms with Crippen LogP contribution in [0.25, 0.3) is 0 Å². The zero-order valence-corrected chi connectivity index (χ0v) is 29.2. The Bertz CT molecular complexity index is 1920. The molecule has 0 heterocycles. The van der Waals surface area contributed by atoms with E-state index < -0.39 is 34.5 Å². The van der Waals surface area contributed by atoms with Gasteiger partial charge in [0.2, 0.25) is 11.8 Å². The molecular formula is C35H30BrClF4N2O8. The third-order valence-corrected chi connectivity index (χ3v) is 7.72. The molecule has 0 saturated heterocycles. The van der Waals surface area contributed by atoms with Gasteiger partial charge < -0.3 is 30.3 Å². The molecule has 4 aromatic rings. The minimum absolute atomic E-state index is 0.0729. The highest BCUT2D eigenvalue weighted by molar-refractivity contribution is 9.10. The Morgan fingerprint density at radius 2 is 1.18 bits per heavy atom. The molecule has 0 aliphatic heterocycles. The SMILES string of the molecule is CCC(=O)Nc1ccc(OCc2ccc(Br)c(F)c2)cc1C(=O)O.CCC(=O)Nc1ccc(OCc2ccc(C(F)(F)F)c(Cl)c2)cc1C(=O)O. The summed E-state index contributed by atoms with van der Waals surface area (Å²) in [5, 5.41) is 23.1. The lowest BCUT2D eigenvalue weighted by molar-refractivity contribution is -0.137. The number of carboxylic acids is 2. The Morgan fingerprint density at radius 1 is 0.725 bits per heavy atom. The van der Waals surface area contributed by atoms with Gasteiger partial charge in [0.15, 0.2) is 0 Å². The molecule has 270 valence electrons. The van der Waals surface area contributed by atoms with Crippen molar-refractivity contribution in [2.45, 2.75) is 46.1 Å². The van der Waals surface area contributed by atoms with Crippen LogP contribution >= 0.6 is 27.5 Å². The van der Waals surface area contributed by atoms with E-state index in [-0.39, 0.29) is 66.1 Å². The van der Waals surface area contributed by atoms with Crippen LogP contribution in [0.5, 0.6) is 11.5 Å². The zero-order chi connectivity index (χ0) is 37.9. The third kappa shape index (κ3) is 12.0. The monoisotopic (exact) mass is 796 g/mol. The van der Waals surface area contributed by atoms with Crippen LogP contribution in [-0.2, 0) is 29.0 Å². The molecule has 51 heavy (non-hydrogen) atoms. The lowest BCUT2D eigenvalue weighted by Gasteiger charge is -2.13. The van der Waals surface area contributed by atoms with Crippen molar-refractivity contribution in [3.63, 3.8) is 0 Å². The number of benzene rings is 4. The molecule has 0 atom stereocenters. The van der Waals surface area contributed by atoms with Crippen molar-refractivity contribution in [3.8, 4) is 11.5 Å². The first-order valence-electron chi connectivity index (χ1n) is 14.9. The molecule has 0 bridgehead atoms. The minimum Gasteiger partial charge on any atom is -0.489 e. The van der Waals surface area contributed by atoms with Gasteiger partial charge in [0.25, 0.3) is 0 Å². The summed E-state index contributed by atoms with van der Waals surface area (Å²) in [4.78, 5) is 45.6. The van der Waals surface area contributed by atoms with Crippen LogP contribution in [-0.4, -0.2) is 34.0 Å². The van der Waals surface area contributed by atoms with Crippen molar-refractivity contribution in [1.29, 1.82) is 0 Å². The van der Waals surface area contributed by atoms with E-state index in [1.54, 1.807) is 32.0 Å². The number of amides is 2. The average molecular weight is 798 g/mol. The molecule has 10 nitrogen and oxygen atoms in total. The summed E-state index contributed by atoms with van der Waals surface area (Å²) in [5.41, 5.74) is 0.132. The van der Waals surface area contributed by atoms with Crippen molar-refractivity contribution in [2.75, 3.05) is 10.6 Å². The molecule has 0 aliphatic carbocycles. The van der Waals surface area contributed by atoms with Gasteiger partial charge >= 0.3 is 18.1 Å². The second-order valence-electron chi connectivity index (χ2n) is 10.5. The van der Waals surface area contributed by atoms with Gasteiger partial charge in [0.05, 0.1) is 37.6 Å². The van der Waals surface area contributed by atoms with Gasteiger partial charge in [-0.15, -0.1) is 0 Å². The number of ether oxygens (including phenoxy) is 2. The Labute approximate surface area is 302 Å². The molecular weight excluding hydrogens is 768 g/mol. The first-order valence-corrected chi connectivity index (χ1v) is 16.1. The molecule has 0 fully saturated rings. The van der Waals surface area contributed by atoms with E-state index in [9.17, 15) is 47.0 Å². The highest BCUT2D eigenvalue weighted by Gasteiger charge is 2.33. The second-order valence-corrected chi connectivity index (χ2v) is 11.7. The summed E-state index contributed by atoms with van der Waals surface area (Å²) in [7, 11) is 0. The number of halogens is 6. The van der Waals surface area contributed by atoms with Crippen LogP contribution in [0.1, 0.15) is 64.1 Å². The van der Waals surface area contributed by atoms with E-state index in [1.807, 2.05) is 0 Å². The lowest BCUT2D eigenvalue weighted by atomic mass is 10.1. The number of nitrogens with one attached hydrogen (secondary N) is 2. The third-order valence-electron chi connectivity index (χ3n) is 6.77. The lowest BCUT2D eigenvalue weighted by Crippen LogP contribution is -2.13. The number of carbonyl (C=O) groups is 4. The summed E-state index contributed by atoms with van der Waals surface area (Å²) in [6.07, 6.45) is -4.12. The number of anilines is 2. The highest BCUT2D eigenvalue weighted by atomic mass is 79.9. The van der Waals surface area contributed by atoms with E-state index in [1.165, 1.54) is 42.5 Å². The predicted molar refractivity (Wildman–Crippen MR) is 184 cm³/mol. The summed E-state index contributed by atoms with van der Waals surface area (Å²) in [6.45, 7) is 3.27. The topological polar surface area (TPSA) is 151 Å². The van der Waals surface area contributed by atoms with E-state index in [0.717, 1.165) is 12.1 Å². The van der Waals surface area contributed by atoms with E-state index in [2.05, 4.69) is 26.6 Å². The molecule has 16 heteroatoms. The van der Waals surface area contributed by atoms with Crippen molar-refractivity contribution in [2.24, 2.45) is 0 Å². The minimum atomic E-state index is -4.55. The summed E-state index contributed by atoms with van der Waals surface area (Å²) in [5.74, 6) is -2.98. The zero-order valence-electron chi connectivity index (χ0n) is 26.9. The van der Waals surface area contributed by atoms with Crippen LogP contribution in [0.15, 0.2) is 77.3 Å². The normalized spacial score (nSPS) is 10.7. The van der Waals surface area contributed by atoms with Gasteiger partial charge in [0.1, 0.15) is 30.5 Å². The Hall–Kier alpha value is -5.15. The van der Waals surface area contributed by atoms with Crippen molar-refractivity contribution >= 4 is 62.7 Å². The number of hydrogen-bond acceptors (Lipinski definition) is 6. The number of carbonyl (C=O) groups excluding carboxylic acids is 2. The quantitative estimate of drug-likeness (QED) is 0.104. The Kier molecular flexibility index (Phi) is 14.4. The summed E-state index contributed by atoms with van der Waals surface area (Å²) < 4.78 is 62.9. The number of carboxylic acid groups (broad SMARTS) is 2. The molecule has 0 unspecified atom stereocenters. The Balaban J connectivity index is 0.000000277. The second kappa shape index (κ2) is 18.2. The maximum atomic E-state index is 13.5. The standard InChI is InChI=1S/C18H15ClF3NO4.C17H15BrFNO4/c1-2-16(24)23-15-6-4-11(8-12(15)17(25)26)27-9-10-3-5-13(14(19)7-10)18(20,21)22;1-2-16(21)20-15-6-4-11(8-12(15)17(22)23)24-9-10-3-5-13(18)14(19)7-10/h3-8H,2,9H2,1H3,(H,23,24)(H,25,26);3-8H,2,9H2,1H3,(H,20,21)(H,22,23). The van der Waals surface area contributed by atoms with Gasteiger partial charge in [-0.25, -0.2) is 14.0 Å². The fourth-order valence-corrected chi connectivity index (χ4v) is 4.67. The molecule has 2 amide bonds. The van der Waals surface area contributed by atoms with E-state index >= 15 is 0 Å². The molecule has 0 radical (unpaired) electrons. The molecule has 4 N–H and O–H groups in total. The Morgan fingerprint density at radius 3 is 1.57 bits per heavy atom. The van der Waals surface area contributed by atoms with Gasteiger partial charge in [-0.05, 0) is 87.7 Å². The van der Waals surface area contributed by atoms with Crippen molar-refractivity contribution in [1.82, 2.24) is 0 Å². The molecule has 4 aromatic carbocycles. The van der Waals surface area contributed by atoms with Crippen LogP contribution in [0.3, 0.4) is 0 Å².